The maximum atomic E-state index is 12.5. The molecule has 4 heteroatoms. The first-order chi connectivity index (χ1) is 8.65. The highest BCUT2D eigenvalue weighted by Gasteiger charge is 2.75. The second-order valence-corrected chi connectivity index (χ2v) is 6.07. The lowest BCUT2D eigenvalue weighted by Crippen LogP contribution is -2.43. The Labute approximate surface area is 107 Å². The molecule has 96 valence electrons. The first kappa shape index (κ1) is 10.6. The Bertz CT molecular complexity index is 527. The Morgan fingerprint density at radius 2 is 2.22 bits per heavy atom. The summed E-state index contributed by atoms with van der Waals surface area (Å²) in [6, 6.07) is 2.36. The molecular formula is C14H19N3O. The molecule has 2 aliphatic carbocycles. The lowest BCUT2D eigenvalue weighted by Gasteiger charge is -2.35. The zero-order valence-electron chi connectivity index (χ0n) is 11.0. The highest BCUT2D eigenvalue weighted by atomic mass is 16.2. The minimum Gasteiger partial charge on any atom is -0.332 e. The summed E-state index contributed by atoms with van der Waals surface area (Å²) in [7, 11) is 0. The number of hydrogen-bond acceptors (Lipinski definition) is 2. The third kappa shape index (κ3) is 1.21. The summed E-state index contributed by atoms with van der Waals surface area (Å²) >= 11 is 0. The summed E-state index contributed by atoms with van der Waals surface area (Å²) < 4.78 is 2.09. The third-order valence-corrected chi connectivity index (χ3v) is 5.04. The number of rotatable bonds is 2. The first-order valence-electron chi connectivity index (χ1n) is 7.03. The van der Waals surface area contributed by atoms with Crippen molar-refractivity contribution in [2.45, 2.75) is 45.7 Å². The van der Waals surface area contributed by atoms with E-state index in [2.05, 4.69) is 34.6 Å². The van der Waals surface area contributed by atoms with Crippen molar-refractivity contribution in [3.63, 3.8) is 0 Å². The van der Waals surface area contributed by atoms with Crippen LogP contribution in [0.4, 0.5) is 0 Å². The van der Waals surface area contributed by atoms with Crippen molar-refractivity contribution < 1.29 is 4.79 Å². The summed E-state index contributed by atoms with van der Waals surface area (Å²) in [4.78, 5) is 14.6. The average Bonchev–Trinajstić information content (AvgIpc) is 3.17. The van der Waals surface area contributed by atoms with Gasteiger partial charge in [-0.15, -0.1) is 0 Å². The number of fused-ring (bicyclic) bond motifs is 2. The van der Waals surface area contributed by atoms with Gasteiger partial charge in [0.2, 0.25) is 5.91 Å². The third-order valence-electron chi connectivity index (χ3n) is 5.04. The maximum Gasteiger partial charge on any atom is 0.229 e. The van der Waals surface area contributed by atoms with Gasteiger partial charge in [-0.05, 0) is 38.2 Å². The molecule has 0 spiro atoms. The fourth-order valence-electron chi connectivity index (χ4n) is 3.35. The van der Waals surface area contributed by atoms with E-state index in [-0.39, 0.29) is 11.5 Å². The van der Waals surface area contributed by atoms with Gasteiger partial charge in [-0.2, -0.15) is 5.10 Å². The first-order valence-corrected chi connectivity index (χ1v) is 7.03. The molecule has 1 aliphatic heterocycles. The van der Waals surface area contributed by atoms with Gasteiger partial charge in [-0.3, -0.25) is 9.48 Å². The molecule has 3 aliphatic rings. The van der Waals surface area contributed by atoms with E-state index in [1.807, 2.05) is 0 Å². The van der Waals surface area contributed by atoms with Crippen molar-refractivity contribution in [3.05, 3.63) is 17.5 Å². The number of aromatic nitrogens is 2. The molecule has 1 amide bonds. The molecule has 1 aromatic rings. The molecule has 4 rings (SSSR count). The van der Waals surface area contributed by atoms with E-state index in [4.69, 9.17) is 0 Å². The Balaban J connectivity index is 1.62. The molecule has 1 atom stereocenters. The van der Waals surface area contributed by atoms with E-state index in [0.717, 1.165) is 44.0 Å². The monoisotopic (exact) mass is 245 g/mol. The number of carbonyl (C=O) groups excluding carboxylic acids is 1. The summed E-state index contributed by atoms with van der Waals surface area (Å²) in [6.45, 7) is 5.94. The number of amides is 1. The molecule has 18 heavy (non-hydrogen) atoms. The van der Waals surface area contributed by atoms with Gasteiger partial charge >= 0.3 is 0 Å². The van der Waals surface area contributed by atoms with Crippen molar-refractivity contribution in [2.24, 2.45) is 11.3 Å². The van der Waals surface area contributed by atoms with Crippen LogP contribution >= 0.6 is 0 Å². The molecule has 0 radical (unpaired) electrons. The predicted octanol–water partition coefficient (Wildman–Crippen LogP) is 1.76. The molecule has 2 fully saturated rings. The van der Waals surface area contributed by atoms with Gasteiger partial charge in [0.15, 0.2) is 0 Å². The summed E-state index contributed by atoms with van der Waals surface area (Å²) in [5.41, 5.74) is 2.45. The van der Waals surface area contributed by atoms with Crippen molar-refractivity contribution in [2.75, 3.05) is 6.54 Å². The quantitative estimate of drug-likeness (QED) is 0.796. The number of hydrogen-bond donors (Lipinski definition) is 0. The standard InChI is InChI=1S/C14H19N3O/c1-3-11-6-12-9(2)16(4-5-17(12)15-11)13(18)14-7-10(14)8-14/h6,9-10H,3-5,7-8H2,1-2H3. The Hall–Kier alpha value is -1.32. The molecule has 0 bridgehead atoms. The fraction of sp³-hybridized carbons (Fsp3) is 0.714. The SMILES string of the molecule is CCc1cc2n(n1)CCN(C(=O)C13CC1C3)C2C. The van der Waals surface area contributed by atoms with E-state index in [9.17, 15) is 4.79 Å². The van der Waals surface area contributed by atoms with Gasteiger partial charge < -0.3 is 4.90 Å². The van der Waals surface area contributed by atoms with Crippen LogP contribution in [-0.4, -0.2) is 27.1 Å². The van der Waals surface area contributed by atoms with Crippen LogP contribution in [0.2, 0.25) is 0 Å². The van der Waals surface area contributed by atoms with Gasteiger partial charge in [0, 0.05) is 6.54 Å². The van der Waals surface area contributed by atoms with E-state index in [0.29, 0.717) is 5.91 Å². The van der Waals surface area contributed by atoms with Crippen LogP contribution in [0.25, 0.3) is 0 Å². The van der Waals surface area contributed by atoms with Gasteiger partial charge in [-0.1, -0.05) is 6.92 Å². The normalized spacial score (nSPS) is 36.0. The van der Waals surface area contributed by atoms with Gasteiger partial charge in [-0.25, -0.2) is 0 Å². The van der Waals surface area contributed by atoms with Crippen molar-refractivity contribution >= 4 is 5.91 Å². The lowest BCUT2D eigenvalue weighted by atomic mass is 10.1. The Morgan fingerprint density at radius 1 is 1.50 bits per heavy atom. The van der Waals surface area contributed by atoms with Crippen molar-refractivity contribution in [3.8, 4) is 0 Å². The minimum atomic E-state index is 0.101. The van der Waals surface area contributed by atoms with Crippen LogP contribution in [0.1, 0.15) is 44.1 Å². The van der Waals surface area contributed by atoms with Crippen LogP contribution in [0, 0.1) is 11.3 Å². The predicted molar refractivity (Wildman–Crippen MR) is 66.9 cm³/mol. The van der Waals surface area contributed by atoms with Crippen molar-refractivity contribution in [1.29, 1.82) is 0 Å². The zero-order chi connectivity index (χ0) is 12.5. The van der Waals surface area contributed by atoms with Crippen LogP contribution < -0.4 is 0 Å². The molecule has 4 nitrogen and oxygen atoms in total. The van der Waals surface area contributed by atoms with Crippen LogP contribution in [-0.2, 0) is 17.8 Å². The average molecular weight is 245 g/mol. The van der Waals surface area contributed by atoms with Gasteiger partial charge in [0.1, 0.15) is 0 Å². The Kier molecular flexibility index (Phi) is 1.86. The second-order valence-electron chi connectivity index (χ2n) is 6.07. The fourth-order valence-corrected chi connectivity index (χ4v) is 3.35. The highest BCUT2D eigenvalue weighted by molar-refractivity contribution is 5.90. The van der Waals surface area contributed by atoms with Crippen LogP contribution in [0.15, 0.2) is 6.07 Å². The molecule has 0 N–H and O–H groups in total. The number of aryl methyl sites for hydroxylation is 1. The van der Waals surface area contributed by atoms with Crippen molar-refractivity contribution in [1.82, 2.24) is 14.7 Å². The van der Waals surface area contributed by atoms with E-state index < -0.39 is 0 Å². The second kappa shape index (κ2) is 3.16. The van der Waals surface area contributed by atoms with Crippen LogP contribution in [0.5, 0.6) is 0 Å². The zero-order valence-corrected chi connectivity index (χ0v) is 11.0. The minimum absolute atomic E-state index is 0.101. The topological polar surface area (TPSA) is 38.1 Å². The molecule has 2 heterocycles. The molecular weight excluding hydrogens is 226 g/mol. The molecule has 2 saturated carbocycles. The summed E-state index contributed by atoms with van der Waals surface area (Å²) in [5.74, 6) is 1.14. The lowest BCUT2D eigenvalue weighted by molar-refractivity contribution is -0.138. The van der Waals surface area contributed by atoms with E-state index >= 15 is 0 Å². The summed E-state index contributed by atoms with van der Waals surface area (Å²) in [6.07, 6.45) is 3.26. The van der Waals surface area contributed by atoms with E-state index in [1.165, 1.54) is 5.69 Å². The smallest absolute Gasteiger partial charge is 0.229 e. The number of carbonyl (C=O) groups is 1. The highest BCUT2D eigenvalue weighted by Crippen LogP contribution is 2.76. The maximum absolute atomic E-state index is 12.5. The van der Waals surface area contributed by atoms with E-state index in [1.54, 1.807) is 0 Å². The van der Waals surface area contributed by atoms with Crippen LogP contribution in [0.3, 0.4) is 0 Å². The molecule has 1 aromatic heterocycles. The van der Waals surface area contributed by atoms with Gasteiger partial charge in [0.25, 0.3) is 0 Å². The molecule has 0 aromatic carbocycles. The molecule has 1 unspecified atom stereocenters. The largest absolute Gasteiger partial charge is 0.332 e. The summed E-state index contributed by atoms with van der Waals surface area (Å²) in [5, 5.41) is 4.58. The Morgan fingerprint density at radius 3 is 2.83 bits per heavy atom. The molecule has 0 saturated heterocycles. The number of nitrogens with zero attached hydrogens (tertiary/aromatic N) is 3. The van der Waals surface area contributed by atoms with Gasteiger partial charge in [0.05, 0.1) is 29.4 Å².